The smallest absolute Gasteiger partial charge is 0.270 e. The average Bonchev–Trinajstić information content (AvgIpc) is 3.53. The Kier molecular flexibility index (Phi) is 5.71. The van der Waals surface area contributed by atoms with Crippen molar-refractivity contribution in [2.24, 2.45) is 0 Å². The molecule has 4 aromatic rings. The number of carbonyl (C=O) groups excluding carboxylic acids is 1. The van der Waals surface area contributed by atoms with Crippen LogP contribution >= 0.6 is 0 Å². The van der Waals surface area contributed by atoms with Gasteiger partial charge in [-0.3, -0.25) is 9.36 Å². The van der Waals surface area contributed by atoms with Gasteiger partial charge in [-0.15, -0.1) is 0 Å². The topological polar surface area (TPSA) is 56.2 Å². The molecule has 3 aromatic carbocycles. The van der Waals surface area contributed by atoms with Crippen LogP contribution in [0.15, 0.2) is 91.4 Å². The number of nitrogens with zero attached hydrogens (tertiary/aromatic N) is 2. The van der Waals surface area contributed by atoms with Crippen molar-refractivity contribution in [1.29, 1.82) is 0 Å². The van der Waals surface area contributed by atoms with E-state index in [1.807, 2.05) is 71.3 Å². The van der Waals surface area contributed by atoms with Gasteiger partial charge in [-0.05, 0) is 60.4 Å². The Morgan fingerprint density at radius 3 is 2.41 bits per heavy atom. The van der Waals surface area contributed by atoms with Gasteiger partial charge in [-0.2, -0.15) is 0 Å². The third-order valence-corrected chi connectivity index (χ3v) is 5.85. The van der Waals surface area contributed by atoms with Crippen LogP contribution in [0.4, 0.5) is 0 Å². The van der Waals surface area contributed by atoms with Crippen LogP contribution in [0, 0.1) is 0 Å². The first kappa shape index (κ1) is 20.1. The molecule has 5 heteroatoms. The average molecular weight is 424 g/mol. The summed E-state index contributed by atoms with van der Waals surface area (Å²) in [6, 6.07) is 26.1. The molecule has 0 radical (unpaired) electrons. The number of para-hydroxylation sites is 1. The zero-order valence-corrected chi connectivity index (χ0v) is 17.8. The van der Waals surface area contributed by atoms with Crippen LogP contribution in [0.1, 0.15) is 36.2 Å². The molecule has 1 amide bonds. The lowest BCUT2D eigenvalue weighted by Crippen LogP contribution is -2.33. The normalized spacial score (nSPS) is 13.8. The Morgan fingerprint density at radius 1 is 0.875 bits per heavy atom. The predicted molar refractivity (Wildman–Crippen MR) is 125 cm³/mol. The molecule has 1 heterocycles. The quantitative estimate of drug-likeness (QED) is 0.414. The van der Waals surface area contributed by atoms with Gasteiger partial charge in [0.05, 0.1) is 12.5 Å². The van der Waals surface area contributed by atoms with Crippen LogP contribution in [0.2, 0.25) is 0 Å². The van der Waals surface area contributed by atoms with Crippen molar-refractivity contribution in [2.75, 3.05) is 0 Å². The SMILES string of the molecule is O=C(NC1CCCC1)c1cncn1-c1cccc(-c2ccc(Oc3ccccc3)cc2)c1. The lowest BCUT2D eigenvalue weighted by molar-refractivity contribution is 0.0931. The molecular weight excluding hydrogens is 398 g/mol. The van der Waals surface area contributed by atoms with Gasteiger partial charge in [0, 0.05) is 11.7 Å². The minimum Gasteiger partial charge on any atom is -0.457 e. The van der Waals surface area contributed by atoms with E-state index in [1.165, 1.54) is 12.8 Å². The van der Waals surface area contributed by atoms with Crippen LogP contribution < -0.4 is 10.1 Å². The van der Waals surface area contributed by atoms with Crippen molar-refractivity contribution in [1.82, 2.24) is 14.9 Å². The molecule has 0 unspecified atom stereocenters. The number of hydrogen-bond acceptors (Lipinski definition) is 3. The zero-order chi connectivity index (χ0) is 21.8. The molecule has 1 N–H and O–H groups in total. The summed E-state index contributed by atoms with van der Waals surface area (Å²) in [4.78, 5) is 17.0. The molecule has 0 atom stereocenters. The standard InChI is InChI=1S/C27H25N3O2/c31-27(29-22-8-4-5-9-22)26-18-28-19-30(26)23-10-6-7-21(17-23)20-13-15-25(16-14-20)32-24-11-2-1-3-12-24/h1-3,6-7,10-19,22H,4-5,8-9H2,(H,29,31). The van der Waals surface area contributed by atoms with Crippen molar-refractivity contribution in [2.45, 2.75) is 31.7 Å². The van der Waals surface area contributed by atoms with E-state index in [4.69, 9.17) is 4.74 Å². The van der Waals surface area contributed by atoms with Crippen molar-refractivity contribution in [3.8, 4) is 28.3 Å². The third-order valence-electron chi connectivity index (χ3n) is 5.85. The van der Waals surface area contributed by atoms with E-state index in [0.717, 1.165) is 41.2 Å². The summed E-state index contributed by atoms with van der Waals surface area (Å²) < 4.78 is 7.74. The fraction of sp³-hybridized carbons (Fsp3) is 0.185. The maximum absolute atomic E-state index is 12.8. The Hall–Kier alpha value is -3.86. The number of imidazole rings is 1. The van der Waals surface area contributed by atoms with E-state index in [9.17, 15) is 4.79 Å². The number of ether oxygens (including phenoxy) is 1. The Labute approximate surface area is 187 Å². The molecule has 1 aromatic heterocycles. The van der Waals surface area contributed by atoms with Gasteiger partial charge < -0.3 is 10.1 Å². The van der Waals surface area contributed by atoms with E-state index in [-0.39, 0.29) is 11.9 Å². The predicted octanol–water partition coefficient (Wildman–Crippen LogP) is 6.00. The number of carbonyl (C=O) groups is 1. The largest absolute Gasteiger partial charge is 0.457 e. The summed E-state index contributed by atoms with van der Waals surface area (Å²) in [6.45, 7) is 0. The lowest BCUT2D eigenvalue weighted by atomic mass is 10.0. The van der Waals surface area contributed by atoms with Crippen molar-refractivity contribution < 1.29 is 9.53 Å². The first-order chi connectivity index (χ1) is 15.8. The highest BCUT2D eigenvalue weighted by Gasteiger charge is 2.20. The summed E-state index contributed by atoms with van der Waals surface area (Å²) >= 11 is 0. The second-order valence-corrected chi connectivity index (χ2v) is 8.09. The highest BCUT2D eigenvalue weighted by atomic mass is 16.5. The summed E-state index contributed by atoms with van der Waals surface area (Å²) in [5, 5.41) is 3.15. The molecule has 0 bridgehead atoms. The van der Waals surface area contributed by atoms with Crippen molar-refractivity contribution in [3.63, 3.8) is 0 Å². The second kappa shape index (κ2) is 9.10. The first-order valence-electron chi connectivity index (χ1n) is 11.0. The van der Waals surface area contributed by atoms with E-state index < -0.39 is 0 Å². The van der Waals surface area contributed by atoms with Gasteiger partial charge in [-0.25, -0.2) is 4.98 Å². The number of nitrogens with one attached hydrogen (secondary N) is 1. The van der Waals surface area contributed by atoms with Gasteiger partial charge in [0.15, 0.2) is 0 Å². The van der Waals surface area contributed by atoms with Crippen LogP contribution in [0.5, 0.6) is 11.5 Å². The van der Waals surface area contributed by atoms with Crippen molar-refractivity contribution >= 4 is 5.91 Å². The molecule has 1 fully saturated rings. The minimum atomic E-state index is -0.0674. The fourth-order valence-corrected chi connectivity index (χ4v) is 4.17. The lowest BCUT2D eigenvalue weighted by Gasteiger charge is -2.14. The summed E-state index contributed by atoms with van der Waals surface area (Å²) in [5.74, 6) is 1.53. The second-order valence-electron chi connectivity index (χ2n) is 8.09. The van der Waals surface area contributed by atoms with E-state index in [0.29, 0.717) is 5.69 Å². The molecule has 0 spiro atoms. The van der Waals surface area contributed by atoms with Crippen molar-refractivity contribution in [3.05, 3.63) is 97.1 Å². The Morgan fingerprint density at radius 2 is 1.62 bits per heavy atom. The number of hydrogen-bond donors (Lipinski definition) is 1. The molecule has 32 heavy (non-hydrogen) atoms. The molecule has 0 aliphatic heterocycles. The molecule has 0 saturated heterocycles. The number of benzene rings is 3. The molecular formula is C27H25N3O2. The number of amides is 1. The summed E-state index contributed by atoms with van der Waals surface area (Å²) in [7, 11) is 0. The Bertz CT molecular complexity index is 1190. The van der Waals surface area contributed by atoms with Gasteiger partial charge in [0.1, 0.15) is 17.2 Å². The molecule has 1 saturated carbocycles. The van der Waals surface area contributed by atoms with E-state index in [1.54, 1.807) is 12.5 Å². The highest BCUT2D eigenvalue weighted by molar-refractivity contribution is 5.93. The maximum Gasteiger partial charge on any atom is 0.270 e. The maximum atomic E-state index is 12.8. The van der Waals surface area contributed by atoms with E-state index in [2.05, 4.69) is 22.4 Å². The van der Waals surface area contributed by atoms with Crippen LogP contribution in [0.25, 0.3) is 16.8 Å². The monoisotopic (exact) mass is 423 g/mol. The van der Waals surface area contributed by atoms with Crippen LogP contribution in [0.3, 0.4) is 0 Å². The zero-order valence-electron chi connectivity index (χ0n) is 17.8. The Balaban J connectivity index is 1.35. The third kappa shape index (κ3) is 4.42. The van der Waals surface area contributed by atoms with Gasteiger partial charge >= 0.3 is 0 Å². The highest BCUT2D eigenvalue weighted by Crippen LogP contribution is 2.27. The number of aromatic nitrogens is 2. The van der Waals surface area contributed by atoms with Gasteiger partial charge in [0.25, 0.3) is 5.91 Å². The fourth-order valence-electron chi connectivity index (χ4n) is 4.17. The van der Waals surface area contributed by atoms with Crippen LogP contribution in [-0.4, -0.2) is 21.5 Å². The molecule has 1 aliphatic carbocycles. The molecule has 5 nitrogen and oxygen atoms in total. The molecule has 1 aliphatic rings. The minimum absolute atomic E-state index is 0.0674. The summed E-state index contributed by atoms with van der Waals surface area (Å²) in [5.41, 5.74) is 3.59. The first-order valence-corrected chi connectivity index (χ1v) is 11.0. The van der Waals surface area contributed by atoms with E-state index >= 15 is 0 Å². The summed E-state index contributed by atoms with van der Waals surface area (Å²) in [6.07, 6.45) is 7.80. The number of rotatable bonds is 6. The molecule has 5 rings (SSSR count). The van der Waals surface area contributed by atoms with Crippen LogP contribution in [-0.2, 0) is 0 Å². The van der Waals surface area contributed by atoms with Gasteiger partial charge in [-0.1, -0.05) is 55.3 Å². The molecule has 160 valence electrons. The van der Waals surface area contributed by atoms with Gasteiger partial charge in [0.2, 0.25) is 0 Å².